The van der Waals surface area contributed by atoms with Gasteiger partial charge in [-0.2, -0.15) is 11.8 Å². The van der Waals surface area contributed by atoms with E-state index in [4.69, 9.17) is 0 Å². The van der Waals surface area contributed by atoms with E-state index in [2.05, 4.69) is 42.9 Å². The van der Waals surface area contributed by atoms with Crippen LogP contribution in [0.4, 0.5) is 0 Å². The van der Waals surface area contributed by atoms with Crippen molar-refractivity contribution < 1.29 is 0 Å². The van der Waals surface area contributed by atoms with Gasteiger partial charge in [0.1, 0.15) is 0 Å². The Labute approximate surface area is 97.1 Å². The zero-order chi connectivity index (χ0) is 11.1. The second-order valence-corrected chi connectivity index (χ2v) is 5.70. The molecule has 0 atom stereocenters. The van der Waals surface area contributed by atoms with Crippen molar-refractivity contribution in [1.29, 1.82) is 0 Å². The maximum absolute atomic E-state index is 4.02. The molecule has 0 saturated heterocycles. The second-order valence-electron chi connectivity index (χ2n) is 4.01. The van der Waals surface area contributed by atoms with Crippen LogP contribution in [0.1, 0.15) is 19.4 Å². The van der Waals surface area contributed by atoms with E-state index in [0.717, 1.165) is 18.3 Å². The van der Waals surface area contributed by atoms with Gasteiger partial charge in [0.25, 0.3) is 0 Å². The maximum atomic E-state index is 4.02. The highest BCUT2D eigenvalue weighted by molar-refractivity contribution is 7.99. The molecule has 0 spiro atoms. The van der Waals surface area contributed by atoms with Crippen molar-refractivity contribution in [1.82, 2.24) is 9.88 Å². The van der Waals surface area contributed by atoms with Gasteiger partial charge in [-0.05, 0) is 30.0 Å². The van der Waals surface area contributed by atoms with Crippen LogP contribution < -0.4 is 0 Å². The molecule has 1 aromatic rings. The molecule has 84 valence electrons. The fourth-order valence-corrected chi connectivity index (χ4v) is 2.21. The van der Waals surface area contributed by atoms with Crippen LogP contribution in [0.2, 0.25) is 0 Å². The summed E-state index contributed by atoms with van der Waals surface area (Å²) < 4.78 is 0. The summed E-state index contributed by atoms with van der Waals surface area (Å²) in [5.74, 6) is 1.21. The summed E-state index contributed by atoms with van der Waals surface area (Å²) in [5.41, 5.74) is 1.34. The van der Waals surface area contributed by atoms with Crippen molar-refractivity contribution in [3.05, 3.63) is 30.1 Å². The molecule has 0 fully saturated rings. The van der Waals surface area contributed by atoms with E-state index in [0.29, 0.717) is 0 Å². The van der Waals surface area contributed by atoms with Crippen molar-refractivity contribution in [2.24, 2.45) is 0 Å². The Bertz CT molecular complexity index is 262. The van der Waals surface area contributed by atoms with Crippen LogP contribution >= 0.6 is 11.8 Å². The van der Waals surface area contributed by atoms with E-state index in [1.54, 1.807) is 0 Å². The molecule has 0 aliphatic rings. The molecule has 0 unspecified atom stereocenters. The molecule has 0 amide bonds. The predicted octanol–water partition coefficient (Wildman–Crippen LogP) is 2.66. The van der Waals surface area contributed by atoms with Gasteiger partial charge in [0.05, 0.1) is 0 Å². The number of pyridine rings is 1. The van der Waals surface area contributed by atoms with Crippen LogP contribution in [-0.4, -0.2) is 34.5 Å². The lowest BCUT2D eigenvalue weighted by molar-refractivity contribution is 0.348. The highest BCUT2D eigenvalue weighted by Crippen LogP contribution is 2.09. The van der Waals surface area contributed by atoms with Gasteiger partial charge in [0.2, 0.25) is 0 Å². The van der Waals surface area contributed by atoms with Crippen molar-refractivity contribution in [2.45, 2.75) is 25.6 Å². The van der Waals surface area contributed by atoms with Crippen LogP contribution in [0.5, 0.6) is 0 Å². The second kappa shape index (κ2) is 6.85. The maximum Gasteiger partial charge on any atom is 0.0271 e. The Kier molecular flexibility index (Phi) is 5.73. The van der Waals surface area contributed by atoms with Crippen LogP contribution in [-0.2, 0) is 6.54 Å². The van der Waals surface area contributed by atoms with Crippen molar-refractivity contribution >= 4 is 11.8 Å². The summed E-state index contributed by atoms with van der Waals surface area (Å²) in [6, 6.07) is 4.15. The van der Waals surface area contributed by atoms with Gasteiger partial charge >= 0.3 is 0 Å². The van der Waals surface area contributed by atoms with Gasteiger partial charge in [-0.1, -0.05) is 13.8 Å². The summed E-state index contributed by atoms with van der Waals surface area (Å²) >= 11 is 2.02. The molecule has 0 saturated carbocycles. The topological polar surface area (TPSA) is 16.1 Å². The minimum Gasteiger partial charge on any atom is -0.301 e. The number of nitrogens with zero attached hydrogens (tertiary/aromatic N) is 2. The summed E-state index contributed by atoms with van der Waals surface area (Å²) in [7, 11) is 2.17. The predicted molar refractivity (Wildman–Crippen MR) is 68.2 cm³/mol. The first kappa shape index (κ1) is 12.5. The van der Waals surface area contributed by atoms with Gasteiger partial charge in [-0.25, -0.2) is 0 Å². The number of thioether (sulfide) groups is 1. The Morgan fingerprint density at radius 3 is 2.60 bits per heavy atom. The Balaban J connectivity index is 2.21. The third-order valence-electron chi connectivity index (χ3n) is 2.13. The molecular formula is C12H20N2S. The summed E-state index contributed by atoms with van der Waals surface area (Å²) in [6.07, 6.45) is 3.71. The van der Waals surface area contributed by atoms with Crippen LogP contribution in [0.25, 0.3) is 0 Å². The molecule has 15 heavy (non-hydrogen) atoms. The molecule has 0 aliphatic heterocycles. The van der Waals surface area contributed by atoms with Crippen molar-refractivity contribution in [3.63, 3.8) is 0 Å². The fraction of sp³-hybridized carbons (Fsp3) is 0.583. The van der Waals surface area contributed by atoms with Crippen molar-refractivity contribution in [2.75, 3.05) is 19.3 Å². The van der Waals surface area contributed by atoms with E-state index in [-0.39, 0.29) is 0 Å². The number of rotatable bonds is 6. The molecule has 0 bridgehead atoms. The first-order valence-electron chi connectivity index (χ1n) is 5.37. The smallest absolute Gasteiger partial charge is 0.0271 e. The molecule has 1 rings (SSSR count). The Morgan fingerprint density at radius 2 is 2.00 bits per heavy atom. The van der Waals surface area contributed by atoms with Crippen LogP contribution in [0, 0.1) is 0 Å². The monoisotopic (exact) mass is 224 g/mol. The van der Waals surface area contributed by atoms with Gasteiger partial charge in [-0.15, -0.1) is 0 Å². The molecule has 0 aromatic carbocycles. The molecule has 0 N–H and O–H groups in total. The average molecular weight is 224 g/mol. The third-order valence-corrected chi connectivity index (χ3v) is 3.21. The Morgan fingerprint density at radius 1 is 1.33 bits per heavy atom. The van der Waals surface area contributed by atoms with Gasteiger partial charge < -0.3 is 4.90 Å². The van der Waals surface area contributed by atoms with E-state index in [9.17, 15) is 0 Å². The summed E-state index contributed by atoms with van der Waals surface area (Å²) in [4.78, 5) is 6.37. The normalized spacial score (nSPS) is 11.3. The van der Waals surface area contributed by atoms with E-state index < -0.39 is 0 Å². The molecule has 0 aliphatic carbocycles. The lowest BCUT2D eigenvalue weighted by Crippen LogP contribution is -2.21. The SMILES string of the molecule is CC(C)SCCN(C)Cc1ccncc1. The minimum atomic E-state index is 0.735. The lowest BCUT2D eigenvalue weighted by Gasteiger charge is -2.16. The average Bonchev–Trinajstić information content (AvgIpc) is 2.18. The number of hydrogen-bond acceptors (Lipinski definition) is 3. The number of aromatic nitrogens is 1. The highest BCUT2D eigenvalue weighted by Gasteiger charge is 2.00. The molecule has 2 nitrogen and oxygen atoms in total. The van der Waals surface area contributed by atoms with E-state index in [1.165, 1.54) is 11.3 Å². The van der Waals surface area contributed by atoms with E-state index >= 15 is 0 Å². The molecule has 0 radical (unpaired) electrons. The highest BCUT2D eigenvalue weighted by atomic mass is 32.2. The molecule has 1 aromatic heterocycles. The minimum absolute atomic E-state index is 0.735. The third kappa shape index (κ3) is 5.80. The number of hydrogen-bond donors (Lipinski definition) is 0. The standard InChI is InChI=1S/C12H20N2S/c1-11(2)15-9-8-14(3)10-12-4-6-13-7-5-12/h4-7,11H,8-10H2,1-3H3. The molecular weight excluding hydrogens is 204 g/mol. The van der Waals surface area contributed by atoms with Crippen LogP contribution in [0.3, 0.4) is 0 Å². The van der Waals surface area contributed by atoms with Crippen LogP contribution in [0.15, 0.2) is 24.5 Å². The first-order valence-corrected chi connectivity index (χ1v) is 6.42. The Hall–Kier alpha value is -0.540. The van der Waals surface area contributed by atoms with E-state index in [1.807, 2.05) is 24.2 Å². The quantitative estimate of drug-likeness (QED) is 0.739. The summed E-state index contributed by atoms with van der Waals surface area (Å²) in [6.45, 7) is 6.65. The fourth-order valence-electron chi connectivity index (χ4n) is 1.32. The zero-order valence-electron chi connectivity index (χ0n) is 9.81. The lowest BCUT2D eigenvalue weighted by atomic mass is 10.2. The van der Waals surface area contributed by atoms with Gasteiger partial charge in [0, 0.05) is 31.2 Å². The summed E-state index contributed by atoms with van der Waals surface area (Å²) in [5, 5.41) is 0.735. The first-order chi connectivity index (χ1) is 7.18. The van der Waals surface area contributed by atoms with Gasteiger partial charge in [-0.3, -0.25) is 4.98 Å². The van der Waals surface area contributed by atoms with Crippen molar-refractivity contribution in [3.8, 4) is 0 Å². The zero-order valence-corrected chi connectivity index (χ0v) is 10.6. The molecule has 3 heteroatoms. The van der Waals surface area contributed by atoms with Gasteiger partial charge in [0.15, 0.2) is 0 Å². The molecule has 1 heterocycles. The largest absolute Gasteiger partial charge is 0.301 e.